The lowest BCUT2D eigenvalue weighted by Gasteiger charge is -2.15. The first kappa shape index (κ1) is 23.2. The van der Waals surface area contributed by atoms with Gasteiger partial charge < -0.3 is 10.1 Å². The molecule has 2 aromatic rings. The number of nitrogens with one attached hydrogen (secondary N) is 2. The minimum Gasteiger partial charge on any atom is -0.376 e. The van der Waals surface area contributed by atoms with Crippen LogP contribution in [0.5, 0.6) is 0 Å². The highest BCUT2D eigenvalue weighted by Gasteiger charge is 2.22. The second-order valence-electron chi connectivity index (χ2n) is 7.25. The number of hydrogen-bond donors (Lipinski definition) is 2. The van der Waals surface area contributed by atoms with E-state index in [1.54, 1.807) is 12.1 Å². The molecule has 2 aromatic carbocycles. The molecule has 2 N–H and O–H groups in total. The van der Waals surface area contributed by atoms with Crippen LogP contribution in [0.1, 0.15) is 23.2 Å². The molecule has 1 aliphatic heterocycles. The lowest BCUT2D eigenvalue weighted by Crippen LogP contribution is -2.32. The molecule has 0 radical (unpaired) electrons. The van der Waals surface area contributed by atoms with Crippen molar-refractivity contribution in [1.82, 2.24) is 9.62 Å². The van der Waals surface area contributed by atoms with E-state index in [1.807, 2.05) is 0 Å². The van der Waals surface area contributed by atoms with Crippen molar-refractivity contribution in [2.45, 2.75) is 28.7 Å². The molecule has 31 heavy (non-hydrogen) atoms. The van der Waals surface area contributed by atoms with Gasteiger partial charge in [0.05, 0.1) is 27.1 Å². The standard InChI is InChI=1S/C20H25N3O6S2/c1-23(2)31(27,28)17-11-9-16(10-12-17)30(25,26)22-19-8-4-3-7-18(19)20(24)21-14-15-6-5-13-29-15/h3-4,7-12,15,22H,5-6,13-14H2,1-2H3,(H,21,24)/t15-/m0/s1. The normalized spacial score (nSPS) is 16.9. The summed E-state index contributed by atoms with van der Waals surface area (Å²) < 4.78 is 58.9. The van der Waals surface area contributed by atoms with Crippen molar-refractivity contribution in [1.29, 1.82) is 0 Å². The zero-order valence-corrected chi connectivity index (χ0v) is 18.9. The number of amides is 1. The monoisotopic (exact) mass is 467 g/mol. The number of para-hydroxylation sites is 1. The van der Waals surface area contributed by atoms with Gasteiger partial charge in [0.25, 0.3) is 15.9 Å². The lowest BCUT2D eigenvalue weighted by molar-refractivity contribution is 0.0858. The van der Waals surface area contributed by atoms with Gasteiger partial charge in [0.2, 0.25) is 10.0 Å². The second-order valence-corrected chi connectivity index (χ2v) is 11.1. The van der Waals surface area contributed by atoms with Crippen molar-refractivity contribution in [2.75, 3.05) is 32.0 Å². The van der Waals surface area contributed by atoms with Gasteiger partial charge in [0.1, 0.15) is 0 Å². The Hall–Kier alpha value is -2.47. The van der Waals surface area contributed by atoms with Gasteiger partial charge in [-0.1, -0.05) is 12.1 Å². The molecule has 1 atom stereocenters. The molecule has 3 rings (SSSR count). The highest BCUT2D eigenvalue weighted by atomic mass is 32.2. The van der Waals surface area contributed by atoms with Crippen LogP contribution in [0.2, 0.25) is 0 Å². The Balaban J connectivity index is 1.78. The summed E-state index contributed by atoms with van der Waals surface area (Å²) in [6, 6.07) is 11.1. The zero-order valence-electron chi connectivity index (χ0n) is 17.2. The van der Waals surface area contributed by atoms with Gasteiger partial charge in [-0.25, -0.2) is 21.1 Å². The van der Waals surface area contributed by atoms with Crippen molar-refractivity contribution in [3.05, 3.63) is 54.1 Å². The molecular formula is C20H25N3O6S2. The fourth-order valence-electron chi connectivity index (χ4n) is 3.08. The average molecular weight is 468 g/mol. The van der Waals surface area contributed by atoms with E-state index in [0.29, 0.717) is 13.2 Å². The molecular weight excluding hydrogens is 442 g/mol. The molecule has 0 saturated carbocycles. The quantitative estimate of drug-likeness (QED) is 0.609. The molecule has 1 fully saturated rings. The number of nitrogens with zero attached hydrogens (tertiary/aromatic N) is 1. The molecule has 9 nitrogen and oxygen atoms in total. The predicted molar refractivity (Wildman–Crippen MR) is 116 cm³/mol. The number of benzene rings is 2. The Labute approximate surface area is 182 Å². The minimum atomic E-state index is -4.05. The van der Waals surface area contributed by atoms with E-state index in [9.17, 15) is 21.6 Å². The number of anilines is 1. The van der Waals surface area contributed by atoms with Crippen molar-refractivity contribution < 1.29 is 26.4 Å². The summed E-state index contributed by atoms with van der Waals surface area (Å²) in [5.41, 5.74) is 0.299. The second kappa shape index (κ2) is 9.35. The summed E-state index contributed by atoms with van der Waals surface area (Å²) in [6.07, 6.45) is 1.78. The summed E-state index contributed by atoms with van der Waals surface area (Å²) in [7, 11) is -4.94. The van der Waals surface area contributed by atoms with Gasteiger partial charge >= 0.3 is 0 Å². The molecule has 0 unspecified atom stereocenters. The third-order valence-electron chi connectivity index (χ3n) is 4.84. The maximum absolute atomic E-state index is 12.8. The summed E-state index contributed by atoms with van der Waals surface area (Å²) in [4.78, 5) is 12.4. The van der Waals surface area contributed by atoms with Crippen molar-refractivity contribution in [2.24, 2.45) is 0 Å². The van der Waals surface area contributed by atoms with E-state index in [2.05, 4.69) is 10.0 Å². The number of ether oxygens (including phenoxy) is 1. The van der Waals surface area contributed by atoms with Crippen LogP contribution in [-0.4, -0.2) is 60.4 Å². The average Bonchev–Trinajstić information content (AvgIpc) is 3.26. The molecule has 0 aliphatic carbocycles. The smallest absolute Gasteiger partial charge is 0.261 e. The summed E-state index contributed by atoms with van der Waals surface area (Å²) in [6.45, 7) is 1.02. The van der Waals surface area contributed by atoms with Crippen LogP contribution in [0, 0.1) is 0 Å². The van der Waals surface area contributed by atoms with Crippen LogP contribution in [-0.2, 0) is 24.8 Å². The maximum Gasteiger partial charge on any atom is 0.261 e. The number of carbonyl (C=O) groups is 1. The molecule has 0 spiro atoms. The third-order valence-corrected chi connectivity index (χ3v) is 8.05. The number of carbonyl (C=O) groups excluding carboxylic acids is 1. The summed E-state index contributed by atoms with van der Waals surface area (Å²) in [5, 5.41) is 2.77. The first-order chi connectivity index (χ1) is 14.6. The van der Waals surface area contributed by atoms with E-state index in [0.717, 1.165) is 17.1 Å². The topological polar surface area (TPSA) is 122 Å². The summed E-state index contributed by atoms with van der Waals surface area (Å²) >= 11 is 0. The van der Waals surface area contributed by atoms with Crippen LogP contribution in [0.25, 0.3) is 0 Å². The zero-order chi connectivity index (χ0) is 22.6. The molecule has 0 bridgehead atoms. The van der Waals surface area contributed by atoms with Crippen LogP contribution >= 0.6 is 0 Å². The van der Waals surface area contributed by atoms with Crippen molar-refractivity contribution >= 4 is 31.6 Å². The highest BCUT2D eigenvalue weighted by molar-refractivity contribution is 7.92. The maximum atomic E-state index is 12.8. The fraction of sp³-hybridized carbons (Fsp3) is 0.350. The third kappa shape index (κ3) is 5.42. The van der Waals surface area contributed by atoms with Crippen molar-refractivity contribution in [3.63, 3.8) is 0 Å². The van der Waals surface area contributed by atoms with Crippen LogP contribution in [0.3, 0.4) is 0 Å². The molecule has 11 heteroatoms. The molecule has 1 aliphatic rings. The van der Waals surface area contributed by atoms with E-state index in [-0.39, 0.29) is 27.1 Å². The fourth-order valence-corrected chi connectivity index (χ4v) is 5.06. The van der Waals surface area contributed by atoms with Gasteiger partial charge in [-0.3, -0.25) is 9.52 Å². The van der Waals surface area contributed by atoms with Crippen LogP contribution < -0.4 is 10.0 Å². The highest BCUT2D eigenvalue weighted by Crippen LogP contribution is 2.22. The Kier molecular flexibility index (Phi) is 6.99. The molecule has 1 amide bonds. The van der Waals surface area contributed by atoms with Gasteiger partial charge in [0.15, 0.2) is 0 Å². The van der Waals surface area contributed by atoms with Crippen molar-refractivity contribution in [3.8, 4) is 0 Å². The SMILES string of the molecule is CN(C)S(=O)(=O)c1ccc(S(=O)(=O)Nc2ccccc2C(=O)NC[C@@H]2CCCO2)cc1. The van der Waals surface area contributed by atoms with E-state index < -0.39 is 26.0 Å². The minimum absolute atomic E-state index is 0.0228. The largest absolute Gasteiger partial charge is 0.376 e. The number of rotatable bonds is 8. The van der Waals surface area contributed by atoms with E-state index in [1.165, 1.54) is 50.5 Å². The van der Waals surface area contributed by atoms with E-state index in [4.69, 9.17) is 4.74 Å². The number of hydrogen-bond acceptors (Lipinski definition) is 6. The van der Waals surface area contributed by atoms with Gasteiger partial charge in [-0.15, -0.1) is 0 Å². The molecule has 1 heterocycles. The lowest BCUT2D eigenvalue weighted by atomic mass is 10.1. The Bertz CT molecular complexity index is 1140. The Morgan fingerprint density at radius 1 is 1.03 bits per heavy atom. The first-order valence-electron chi connectivity index (χ1n) is 9.65. The van der Waals surface area contributed by atoms with Crippen LogP contribution in [0.15, 0.2) is 58.3 Å². The molecule has 0 aromatic heterocycles. The Morgan fingerprint density at radius 2 is 1.68 bits per heavy atom. The Morgan fingerprint density at radius 3 is 2.29 bits per heavy atom. The van der Waals surface area contributed by atoms with Gasteiger partial charge in [-0.05, 0) is 49.2 Å². The number of sulfonamides is 2. The predicted octanol–water partition coefficient (Wildman–Crippen LogP) is 1.65. The molecule has 1 saturated heterocycles. The van der Waals surface area contributed by atoms with Gasteiger partial charge in [-0.2, -0.15) is 0 Å². The first-order valence-corrected chi connectivity index (χ1v) is 12.6. The molecule has 168 valence electrons. The van der Waals surface area contributed by atoms with E-state index >= 15 is 0 Å². The van der Waals surface area contributed by atoms with Gasteiger partial charge in [0, 0.05) is 27.2 Å². The van der Waals surface area contributed by atoms with Crippen LogP contribution in [0.4, 0.5) is 5.69 Å². The summed E-state index contributed by atoms with van der Waals surface area (Å²) in [5.74, 6) is -0.416.